The van der Waals surface area contributed by atoms with Gasteiger partial charge in [-0.2, -0.15) is 0 Å². The number of benzene rings is 1. The zero-order valence-corrected chi connectivity index (χ0v) is 9.34. The second kappa shape index (κ2) is 4.45. The molecule has 0 spiro atoms. The number of para-hydroxylation sites is 1. The number of nitrogens with one attached hydrogen (secondary N) is 1. The van der Waals surface area contributed by atoms with E-state index in [1.165, 1.54) is 0 Å². The van der Waals surface area contributed by atoms with Gasteiger partial charge in [0.25, 0.3) is 0 Å². The van der Waals surface area contributed by atoms with Crippen LogP contribution >= 0.6 is 0 Å². The van der Waals surface area contributed by atoms with E-state index in [0.29, 0.717) is 5.75 Å². The minimum absolute atomic E-state index is 0.258. The molecule has 5 heteroatoms. The van der Waals surface area contributed by atoms with Crippen LogP contribution in [0.5, 0.6) is 5.75 Å². The van der Waals surface area contributed by atoms with Crippen molar-refractivity contribution >= 4 is 11.9 Å². The Labute approximate surface area is 98.4 Å². The smallest absolute Gasteiger partial charge is 0.316 e. The largest absolute Gasteiger partial charge is 0.496 e. The van der Waals surface area contributed by atoms with E-state index < -0.39 is 17.8 Å². The summed E-state index contributed by atoms with van der Waals surface area (Å²) >= 11 is 0. The normalized spacial score (nSPS) is 23.2. The van der Waals surface area contributed by atoms with Crippen LogP contribution in [0.1, 0.15) is 18.0 Å². The summed E-state index contributed by atoms with van der Waals surface area (Å²) in [7, 11) is 1.55. The van der Waals surface area contributed by atoms with Gasteiger partial charge in [-0.1, -0.05) is 18.2 Å². The number of ether oxygens (including phenoxy) is 1. The van der Waals surface area contributed by atoms with Crippen molar-refractivity contribution in [3.63, 3.8) is 0 Å². The van der Waals surface area contributed by atoms with Crippen LogP contribution in [-0.2, 0) is 9.59 Å². The van der Waals surface area contributed by atoms with E-state index in [-0.39, 0.29) is 12.5 Å². The first-order valence-electron chi connectivity index (χ1n) is 5.29. The van der Waals surface area contributed by atoms with Gasteiger partial charge in [-0.25, -0.2) is 0 Å². The molecule has 1 aliphatic rings. The highest BCUT2D eigenvalue weighted by Gasteiger charge is 2.38. The summed E-state index contributed by atoms with van der Waals surface area (Å²) in [6.45, 7) is 0. The van der Waals surface area contributed by atoms with Crippen LogP contribution in [0.3, 0.4) is 0 Å². The van der Waals surface area contributed by atoms with Gasteiger partial charge in [0.05, 0.1) is 13.2 Å². The molecule has 1 amide bonds. The third-order valence-electron chi connectivity index (χ3n) is 2.92. The fourth-order valence-electron chi connectivity index (χ4n) is 2.05. The van der Waals surface area contributed by atoms with E-state index in [9.17, 15) is 9.59 Å². The van der Waals surface area contributed by atoms with Crippen molar-refractivity contribution in [2.24, 2.45) is 5.92 Å². The summed E-state index contributed by atoms with van der Waals surface area (Å²) in [5.74, 6) is -1.83. The lowest BCUT2D eigenvalue weighted by atomic mass is 9.99. The molecule has 0 bridgehead atoms. The first-order valence-corrected chi connectivity index (χ1v) is 5.29. The Hall–Kier alpha value is -2.04. The van der Waals surface area contributed by atoms with Gasteiger partial charge in [-0.15, -0.1) is 0 Å². The molecule has 1 aromatic rings. The lowest BCUT2D eigenvalue weighted by Gasteiger charge is -2.14. The number of aliphatic carboxylic acids is 1. The highest BCUT2D eigenvalue weighted by molar-refractivity contribution is 5.98. The lowest BCUT2D eigenvalue weighted by Crippen LogP contribution is -2.25. The Morgan fingerprint density at radius 3 is 2.76 bits per heavy atom. The second-order valence-electron chi connectivity index (χ2n) is 3.93. The van der Waals surface area contributed by atoms with Crippen LogP contribution in [0.4, 0.5) is 0 Å². The van der Waals surface area contributed by atoms with E-state index in [4.69, 9.17) is 9.84 Å². The molecule has 2 rings (SSSR count). The molecular formula is C12H13NO4. The van der Waals surface area contributed by atoms with Gasteiger partial charge in [0.1, 0.15) is 11.7 Å². The van der Waals surface area contributed by atoms with Crippen LogP contribution in [0.2, 0.25) is 0 Å². The molecule has 0 aliphatic carbocycles. The van der Waals surface area contributed by atoms with Crippen LogP contribution in [-0.4, -0.2) is 24.1 Å². The summed E-state index contributed by atoms with van der Waals surface area (Å²) in [5, 5.41) is 11.6. The Balaban J connectivity index is 2.25. The summed E-state index contributed by atoms with van der Waals surface area (Å²) in [6, 6.07) is 6.98. The SMILES string of the molecule is COc1ccccc1[C@@H]1C[C@@H](C(=O)O)C(=O)N1. The van der Waals surface area contributed by atoms with Crippen LogP contribution < -0.4 is 10.1 Å². The fraction of sp³-hybridized carbons (Fsp3) is 0.333. The molecule has 1 saturated heterocycles. The summed E-state index contributed by atoms with van der Waals surface area (Å²) < 4.78 is 5.19. The number of carboxylic acids is 1. The van der Waals surface area contributed by atoms with Gasteiger partial charge in [-0.05, 0) is 12.5 Å². The average molecular weight is 235 g/mol. The first-order chi connectivity index (χ1) is 8.13. The first kappa shape index (κ1) is 11.4. The fourth-order valence-corrected chi connectivity index (χ4v) is 2.05. The van der Waals surface area contributed by atoms with E-state index in [0.717, 1.165) is 5.56 Å². The Bertz CT molecular complexity index is 458. The highest BCUT2D eigenvalue weighted by Crippen LogP contribution is 2.33. The van der Waals surface area contributed by atoms with Crippen molar-refractivity contribution in [1.82, 2.24) is 5.32 Å². The summed E-state index contributed by atoms with van der Waals surface area (Å²) in [5.41, 5.74) is 0.812. The molecule has 1 fully saturated rings. The van der Waals surface area contributed by atoms with Gasteiger partial charge in [0.15, 0.2) is 0 Å². The van der Waals surface area contributed by atoms with Gasteiger partial charge in [-0.3, -0.25) is 9.59 Å². The predicted molar refractivity (Wildman–Crippen MR) is 59.6 cm³/mol. The molecule has 1 aromatic carbocycles. The van der Waals surface area contributed by atoms with Crippen LogP contribution in [0.25, 0.3) is 0 Å². The van der Waals surface area contributed by atoms with E-state index in [2.05, 4.69) is 5.32 Å². The maximum Gasteiger partial charge on any atom is 0.316 e. The Morgan fingerprint density at radius 2 is 2.18 bits per heavy atom. The standard InChI is InChI=1S/C12H13NO4/c1-17-10-5-3-2-4-7(10)9-6-8(12(15)16)11(14)13-9/h2-5,8-9H,6H2,1H3,(H,13,14)(H,15,16)/t8-,9+/m1/s1. The number of carbonyl (C=O) groups excluding carboxylic acids is 1. The molecule has 2 N–H and O–H groups in total. The van der Waals surface area contributed by atoms with Gasteiger partial charge in [0, 0.05) is 5.56 Å². The van der Waals surface area contributed by atoms with Gasteiger partial charge in [0.2, 0.25) is 5.91 Å². The molecule has 0 aromatic heterocycles. The molecule has 0 unspecified atom stereocenters. The van der Waals surface area contributed by atoms with E-state index in [1.54, 1.807) is 13.2 Å². The quantitative estimate of drug-likeness (QED) is 0.765. The topological polar surface area (TPSA) is 75.6 Å². The maximum absolute atomic E-state index is 11.5. The van der Waals surface area contributed by atoms with E-state index in [1.807, 2.05) is 18.2 Å². The average Bonchev–Trinajstić information content (AvgIpc) is 2.71. The molecule has 1 aliphatic heterocycles. The number of carbonyl (C=O) groups is 2. The predicted octanol–water partition coefficient (Wildman–Crippen LogP) is 0.957. The minimum Gasteiger partial charge on any atom is -0.496 e. The molecule has 90 valence electrons. The van der Waals surface area contributed by atoms with Crippen LogP contribution in [0.15, 0.2) is 24.3 Å². The second-order valence-corrected chi connectivity index (χ2v) is 3.93. The van der Waals surface area contributed by atoms with Crippen molar-refractivity contribution in [2.45, 2.75) is 12.5 Å². The molecular weight excluding hydrogens is 222 g/mol. The number of hydrogen-bond donors (Lipinski definition) is 2. The highest BCUT2D eigenvalue weighted by atomic mass is 16.5. The third-order valence-corrected chi connectivity index (χ3v) is 2.92. The lowest BCUT2D eigenvalue weighted by molar-refractivity contribution is -0.145. The zero-order chi connectivity index (χ0) is 12.4. The van der Waals surface area contributed by atoms with Crippen LogP contribution in [0, 0.1) is 5.92 Å². The molecule has 2 atom stereocenters. The third kappa shape index (κ3) is 2.08. The van der Waals surface area contributed by atoms with Crippen molar-refractivity contribution in [3.8, 4) is 5.75 Å². The number of amides is 1. The molecule has 17 heavy (non-hydrogen) atoms. The zero-order valence-electron chi connectivity index (χ0n) is 9.34. The number of rotatable bonds is 3. The minimum atomic E-state index is -1.08. The van der Waals surface area contributed by atoms with Crippen molar-refractivity contribution < 1.29 is 19.4 Å². The monoisotopic (exact) mass is 235 g/mol. The summed E-state index contributed by atoms with van der Waals surface area (Å²) in [6.07, 6.45) is 0.258. The number of carboxylic acid groups (broad SMARTS) is 1. The molecule has 1 heterocycles. The number of methoxy groups -OCH3 is 1. The van der Waals surface area contributed by atoms with Gasteiger partial charge < -0.3 is 15.2 Å². The molecule has 0 radical (unpaired) electrons. The Morgan fingerprint density at radius 1 is 1.47 bits per heavy atom. The van der Waals surface area contributed by atoms with Crippen molar-refractivity contribution in [3.05, 3.63) is 29.8 Å². The van der Waals surface area contributed by atoms with Gasteiger partial charge >= 0.3 is 5.97 Å². The summed E-state index contributed by atoms with van der Waals surface area (Å²) in [4.78, 5) is 22.3. The molecule has 5 nitrogen and oxygen atoms in total. The Kier molecular flexibility index (Phi) is 2.99. The number of hydrogen-bond acceptors (Lipinski definition) is 3. The van der Waals surface area contributed by atoms with Crippen molar-refractivity contribution in [2.75, 3.05) is 7.11 Å². The van der Waals surface area contributed by atoms with Crippen molar-refractivity contribution in [1.29, 1.82) is 0 Å². The van der Waals surface area contributed by atoms with E-state index >= 15 is 0 Å². The maximum atomic E-state index is 11.5. The molecule has 0 saturated carbocycles.